The van der Waals surface area contributed by atoms with Gasteiger partial charge in [-0.25, -0.2) is 0 Å². The Hall–Kier alpha value is -2.29. The Balaban J connectivity index is 3.30. The lowest BCUT2D eigenvalue weighted by Gasteiger charge is -2.11. The highest BCUT2D eigenvalue weighted by Gasteiger charge is 2.10. The van der Waals surface area contributed by atoms with E-state index in [-0.39, 0.29) is 11.3 Å². The summed E-state index contributed by atoms with van der Waals surface area (Å²) >= 11 is 3.39. The Bertz CT molecular complexity index is 599. The van der Waals surface area contributed by atoms with Gasteiger partial charge in [0.1, 0.15) is 23.9 Å². The molecule has 0 radical (unpaired) electrons. The fraction of sp³-hybridized carbons (Fsp3) is 0.154. The molecule has 0 aromatic heterocycles. The van der Waals surface area contributed by atoms with Crippen molar-refractivity contribution < 1.29 is 0 Å². The summed E-state index contributed by atoms with van der Waals surface area (Å²) < 4.78 is 0.781. The maximum Gasteiger partial charge on any atom is 0.163 e. The molecule has 0 aliphatic heterocycles. The second-order valence-corrected chi connectivity index (χ2v) is 4.50. The molecule has 0 atom stereocenters. The summed E-state index contributed by atoms with van der Waals surface area (Å²) in [5.74, 6) is 0. The van der Waals surface area contributed by atoms with Crippen molar-refractivity contribution in [1.29, 1.82) is 15.8 Å². The first-order chi connectivity index (χ1) is 8.53. The normalized spacial score (nSPS) is 8.67. The van der Waals surface area contributed by atoms with Gasteiger partial charge in [-0.15, -0.1) is 0 Å². The average Bonchev–Trinajstić information content (AvgIpc) is 2.32. The number of hydrogen-bond donors (Lipinski definition) is 1. The molecule has 0 fully saturated rings. The van der Waals surface area contributed by atoms with Gasteiger partial charge in [-0.2, -0.15) is 15.8 Å². The summed E-state index contributed by atoms with van der Waals surface area (Å²) in [4.78, 5) is 0. The zero-order valence-corrected chi connectivity index (χ0v) is 11.5. The first kappa shape index (κ1) is 13.8. The van der Waals surface area contributed by atoms with Crippen molar-refractivity contribution in [3.8, 4) is 18.2 Å². The van der Waals surface area contributed by atoms with Gasteiger partial charge in [0.25, 0.3) is 0 Å². The maximum atomic E-state index is 8.97. The van der Waals surface area contributed by atoms with Gasteiger partial charge in [0.05, 0.1) is 5.69 Å². The summed E-state index contributed by atoms with van der Waals surface area (Å²) in [6.45, 7) is 3.84. The molecule has 0 aliphatic rings. The number of rotatable bonds is 2. The van der Waals surface area contributed by atoms with Crippen LogP contribution in [0.3, 0.4) is 0 Å². The van der Waals surface area contributed by atoms with E-state index < -0.39 is 0 Å². The van der Waals surface area contributed by atoms with E-state index in [1.807, 2.05) is 32.0 Å². The highest BCUT2D eigenvalue weighted by atomic mass is 79.9. The second kappa shape index (κ2) is 5.87. The van der Waals surface area contributed by atoms with Crippen molar-refractivity contribution in [3.05, 3.63) is 39.0 Å². The summed E-state index contributed by atoms with van der Waals surface area (Å²) in [5.41, 5.74) is 2.40. The predicted octanol–water partition coefficient (Wildman–Crippen LogP) is 3.30. The van der Waals surface area contributed by atoms with Gasteiger partial charge in [-0.3, -0.25) is 0 Å². The number of nitrogens with zero attached hydrogens (tertiary/aromatic N) is 3. The predicted molar refractivity (Wildman–Crippen MR) is 71.1 cm³/mol. The number of nitrogens with one attached hydrogen (secondary N) is 1. The molecule has 18 heavy (non-hydrogen) atoms. The minimum atomic E-state index is -0.232. The van der Waals surface area contributed by atoms with Crippen LogP contribution < -0.4 is 5.32 Å². The van der Waals surface area contributed by atoms with Crippen LogP contribution in [-0.4, -0.2) is 0 Å². The van der Waals surface area contributed by atoms with Crippen LogP contribution in [0.2, 0.25) is 0 Å². The molecule has 4 nitrogen and oxygen atoms in total. The second-order valence-electron chi connectivity index (χ2n) is 3.65. The third-order valence-electron chi connectivity index (χ3n) is 2.27. The van der Waals surface area contributed by atoms with Crippen LogP contribution in [0, 0.1) is 47.8 Å². The van der Waals surface area contributed by atoms with E-state index in [4.69, 9.17) is 15.8 Å². The zero-order valence-electron chi connectivity index (χ0n) is 9.87. The van der Waals surface area contributed by atoms with Crippen LogP contribution in [0.1, 0.15) is 11.1 Å². The van der Waals surface area contributed by atoms with Crippen LogP contribution in [0.5, 0.6) is 0 Å². The van der Waals surface area contributed by atoms with Crippen molar-refractivity contribution in [2.45, 2.75) is 13.8 Å². The van der Waals surface area contributed by atoms with E-state index >= 15 is 0 Å². The molecule has 1 aromatic carbocycles. The van der Waals surface area contributed by atoms with Crippen molar-refractivity contribution in [2.24, 2.45) is 0 Å². The molecule has 0 aliphatic carbocycles. The molecule has 0 bridgehead atoms. The van der Waals surface area contributed by atoms with Crippen LogP contribution >= 0.6 is 15.9 Å². The molecule has 5 heteroatoms. The van der Waals surface area contributed by atoms with Crippen molar-refractivity contribution in [3.63, 3.8) is 0 Å². The smallest absolute Gasteiger partial charge is 0.163 e. The van der Waals surface area contributed by atoms with Crippen LogP contribution in [0.15, 0.2) is 27.9 Å². The number of benzene rings is 1. The van der Waals surface area contributed by atoms with Crippen molar-refractivity contribution >= 4 is 21.6 Å². The van der Waals surface area contributed by atoms with Gasteiger partial charge in [0.15, 0.2) is 5.57 Å². The Morgan fingerprint density at radius 2 is 1.72 bits per heavy atom. The summed E-state index contributed by atoms with van der Waals surface area (Å²) in [5, 5.41) is 29.3. The van der Waals surface area contributed by atoms with E-state index in [0.29, 0.717) is 5.69 Å². The number of anilines is 1. The van der Waals surface area contributed by atoms with E-state index in [0.717, 1.165) is 15.6 Å². The van der Waals surface area contributed by atoms with Crippen LogP contribution in [0.25, 0.3) is 0 Å². The molecule has 0 saturated carbocycles. The fourth-order valence-corrected chi connectivity index (χ4v) is 2.26. The highest BCUT2D eigenvalue weighted by Crippen LogP contribution is 2.29. The molecule has 0 amide bonds. The van der Waals surface area contributed by atoms with Gasteiger partial charge in [-0.05, 0) is 47.0 Å². The standard InChI is InChI=1S/C13H9BrN4/c1-8-3-9(2)13(11(14)4-8)18-12(7-17)10(5-15)6-16/h3-4,18H,1-2H3. The lowest BCUT2D eigenvalue weighted by atomic mass is 10.1. The first-order valence-corrected chi connectivity index (χ1v) is 5.81. The molecule has 0 unspecified atom stereocenters. The number of halogens is 1. The minimum Gasteiger partial charge on any atom is -0.344 e. The third kappa shape index (κ3) is 2.88. The molecule has 1 N–H and O–H groups in total. The summed E-state index contributed by atoms with van der Waals surface area (Å²) in [6.07, 6.45) is 0. The van der Waals surface area contributed by atoms with Gasteiger partial charge >= 0.3 is 0 Å². The SMILES string of the molecule is Cc1cc(C)c(NC(C#N)=C(C#N)C#N)c(Br)c1. The third-order valence-corrected chi connectivity index (χ3v) is 2.89. The van der Waals surface area contributed by atoms with E-state index in [9.17, 15) is 0 Å². The Morgan fingerprint density at radius 3 is 2.17 bits per heavy atom. The molecule has 88 valence electrons. The molecular weight excluding hydrogens is 292 g/mol. The lowest BCUT2D eigenvalue weighted by molar-refractivity contribution is 1.31. The largest absolute Gasteiger partial charge is 0.344 e. The van der Waals surface area contributed by atoms with Crippen molar-refractivity contribution in [2.75, 3.05) is 5.32 Å². The van der Waals surface area contributed by atoms with Gasteiger partial charge < -0.3 is 5.32 Å². The van der Waals surface area contributed by atoms with Crippen LogP contribution in [-0.2, 0) is 0 Å². The monoisotopic (exact) mass is 300 g/mol. The molecule has 0 heterocycles. The average molecular weight is 301 g/mol. The summed E-state index contributed by atoms with van der Waals surface area (Å²) in [6, 6.07) is 9.04. The van der Waals surface area contributed by atoms with E-state index in [2.05, 4.69) is 21.2 Å². The van der Waals surface area contributed by atoms with Crippen molar-refractivity contribution in [1.82, 2.24) is 0 Å². The molecule has 0 spiro atoms. The Labute approximate surface area is 114 Å². The van der Waals surface area contributed by atoms with Gasteiger partial charge in [0, 0.05) is 4.47 Å². The fourth-order valence-electron chi connectivity index (χ4n) is 1.48. The molecule has 1 aromatic rings. The summed E-state index contributed by atoms with van der Waals surface area (Å²) in [7, 11) is 0. The maximum absolute atomic E-state index is 8.97. The highest BCUT2D eigenvalue weighted by molar-refractivity contribution is 9.10. The van der Waals surface area contributed by atoms with Gasteiger partial charge in [0.2, 0.25) is 0 Å². The van der Waals surface area contributed by atoms with E-state index in [1.165, 1.54) is 0 Å². The number of nitriles is 3. The van der Waals surface area contributed by atoms with E-state index in [1.54, 1.807) is 12.1 Å². The number of hydrogen-bond acceptors (Lipinski definition) is 4. The molecular formula is C13H9BrN4. The first-order valence-electron chi connectivity index (χ1n) is 5.01. The lowest BCUT2D eigenvalue weighted by Crippen LogP contribution is -2.03. The van der Waals surface area contributed by atoms with Crippen LogP contribution in [0.4, 0.5) is 5.69 Å². The quantitative estimate of drug-likeness (QED) is 0.849. The molecule has 1 rings (SSSR count). The number of aryl methyl sites for hydroxylation is 2. The Morgan fingerprint density at radius 1 is 1.11 bits per heavy atom. The topological polar surface area (TPSA) is 83.4 Å². The zero-order chi connectivity index (χ0) is 13.7. The minimum absolute atomic E-state index is 0.0485. The molecule has 0 saturated heterocycles. The number of allylic oxidation sites excluding steroid dienone is 2. The van der Waals surface area contributed by atoms with Gasteiger partial charge in [-0.1, -0.05) is 6.07 Å². The Kier molecular flexibility index (Phi) is 4.49.